The maximum atomic E-state index is 11.1. The fraction of sp³-hybridized carbons (Fsp3) is 0.737. The molecule has 2 aliphatic heterocycles. The summed E-state index contributed by atoms with van der Waals surface area (Å²) in [6.07, 6.45) is 6.80. The van der Waals surface area contributed by atoms with Crippen LogP contribution in [-0.4, -0.2) is 51.7 Å². The van der Waals surface area contributed by atoms with Gasteiger partial charge in [-0.3, -0.25) is 0 Å². The molecular formula is C19H29ClN4O2. The van der Waals surface area contributed by atoms with Crippen molar-refractivity contribution in [1.82, 2.24) is 14.9 Å². The second-order valence-corrected chi connectivity index (χ2v) is 9.05. The Morgan fingerprint density at radius 1 is 1.12 bits per heavy atom. The second-order valence-electron chi connectivity index (χ2n) is 8.66. The highest BCUT2D eigenvalue weighted by atomic mass is 35.5. The Balaban J connectivity index is 1.70. The van der Waals surface area contributed by atoms with Crippen LogP contribution in [-0.2, 0) is 0 Å². The summed E-state index contributed by atoms with van der Waals surface area (Å²) in [4.78, 5) is 23.8. The van der Waals surface area contributed by atoms with E-state index in [4.69, 9.17) is 16.7 Å². The number of amides is 1. The monoisotopic (exact) mass is 380 g/mol. The van der Waals surface area contributed by atoms with Crippen LogP contribution in [0.5, 0.6) is 0 Å². The van der Waals surface area contributed by atoms with E-state index < -0.39 is 6.09 Å². The van der Waals surface area contributed by atoms with Gasteiger partial charge in [0.1, 0.15) is 11.0 Å². The van der Waals surface area contributed by atoms with Gasteiger partial charge in [-0.1, -0.05) is 32.4 Å². The number of carboxylic acid groups (broad SMARTS) is 1. The number of likely N-dealkylation sites (tertiary alicyclic amines) is 1. The van der Waals surface area contributed by atoms with Crippen molar-refractivity contribution in [3.8, 4) is 0 Å². The molecule has 3 heterocycles. The molecule has 7 heteroatoms. The van der Waals surface area contributed by atoms with Crippen molar-refractivity contribution in [2.75, 3.05) is 24.5 Å². The van der Waals surface area contributed by atoms with Gasteiger partial charge < -0.3 is 14.9 Å². The van der Waals surface area contributed by atoms with E-state index in [0.717, 1.165) is 38.0 Å². The van der Waals surface area contributed by atoms with Crippen LogP contribution in [0.1, 0.15) is 46.5 Å². The number of aromatic nitrogens is 2. The van der Waals surface area contributed by atoms with Crippen LogP contribution in [0.3, 0.4) is 0 Å². The highest BCUT2D eigenvalue weighted by Crippen LogP contribution is 2.41. The van der Waals surface area contributed by atoms with Crippen LogP contribution in [0.4, 0.5) is 10.6 Å². The Hall–Kier alpha value is -1.56. The summed E-state index contributed by atoms with van der Waals surface area (Å²) >= 11 is 5.90. The van der Waals surface area contributed by atoms with E-state index in [-0.39, 0.29) is 5.41 Å². The average molecular weight is 381 g/mol. The fourth-order valence-corrected chi connectivity index (χ4v) is 4.63. The summed E-state index contributed by atoms with van der Waals surface area (Å²) in [5, 5.41) is 9.58. The van der Waals surface area contributed by atoms with Crippen LogP contribution in [0.25, 0.3) is 0 Å². The molecule has 1 aromatic rings. The lowest BCUT2D eigenvalue weighted by Gasteiger charge is -2.49. The molecule has 1 amide bonds. The van der Waals surface area contributed by atoms with Crippen molar-refractivity contribution >= 4 is 23.5 Å². The number of piperidine rings is 2. The number of rotatable bonds is 2. The van der Waals surface area contributed by atoms with Gasteiger partial charge in [0.05, 0.1) is 12.4 Å². The molecule has 2 unspecified atom stereocenters. The first kappa shape index (κ1) is 19.2. The van der Waals surface area contributed by atoms with Crippen LogP contribution in [0.15, 0.2) is 12.4 Å². The Morgan fingerprint density at radius 2 is 1.77 bits per heavy atom. The minimum atomic E-state index is -0.785. The summed E-state index contributed by atoms with van der Waals surface area (Å²) in [5.41, 5.74) is 0.127. The maximum absolute atomic E-state index is 11.1. The van der Waals surface area contributed by atoms with E-state index in [0.29, 0.717) is 36.1 Å². The van der Waals surface area contributed by atoms with Gasteiger partial charge in [-0.05, 0) is 42.9 Å². The second kappa shape index (κ2) is 7.59. The van der Waals surface area contributed by atoms with Crippen LogP contribution in [0, 0.1) is 17.3 Å². The number of halogens is 1. The number of anilines is 1. The maximum Gasteiger partial charge on any atom is 0.407 e. The molecule has 2 aliphatic rings. The van der Waals surface area contributed by atoms with Gasteiger partial charge in [-0.15, -0.1) is 0 Å². The zero-order valence-electron chi connectivity index (χ0n) is 15.9. The number of nitrogens with zero attached hydrogens (tertiary/aromatic N) is 4. The molecule has 6 nitrogen and oxygen atoms in total. The van der Waals surface area contributed by atoms with Crippen LogP contribution < -0.4 is 4.90 Å². The van der Waals surface area contributed by atoms with Gasteiger partial charge in [0.2, 0.25) is 0 Å². The lowest BCUT2D eigenvalue weighted by molar-refractivity contribution is 0.0957. The third kappa shape index (κ3) is 4.22. The zero-order chi connectivity index (χ0) is 18.9. The molecule has 144 valence electrons. The quantitative estimate of drug-likeness (QED) is 0.834. The summed E-state index contributed by atoms with van der Waals surface area (Å²) in [6.45, 7) is 9.14. The van der Waals surface area contributed by atoms with Crippen molar-refractivity contribution in [2.45, 2.75) is 52.5 Å². The number of hydrogen-bond acceptors (Lipinski definition) is 4. The van der Waals surface area contributed by atoms with Crippen molar-refractivity contribution in [2.24, 2.45) is 17.3 Å². The van der Waals surface area contributed by atoms with E-state index in [1.165, 1.54) is 0 Å². The van der Waals surface area contributed by atoms with Gasteiger partial charge in [0.15, 0.2) is 0 Å². The standard InChI is InChI=1S/C19H29ClN4O2/c1-19(2,3)15-10-14(13-4-7-23(8-5-13)18(25)26)6-9-24(15)17-12-21-16(20)11-22-17/h11-15H,4-10H2,1-3H3,(H,25,26). The highest BCUT2D eigenvalue weighted by Gasteiger charge is 2.40. The largest absolute Gasteiger partial charge is 0.465 e. The van der Waals surface area contributed by atoms with Gasteiger partial charge in [0.25, 0.3) is 0 Å². The highest BCUT2D eigenvalue weighted by molar-refractivity contribution is 6.29. The first-order valence-corrected chi connectivity index (χ1v) is 9.85. The molecule has 0 radical (unpaired) electrons. The summed E-state index contributed by atoms with van der Waals surface area (Å²) in [6, 6.07) is 0.384. The third-order valence-corrected chi connectivity index (χ3v) is 6.22. The lowest BCUT2D eigenvalue weighted by Crippen LogP contribution is -2.52. The normalized spacial score (nSPS) is 25.4. The molecule has 0 saturated carbocycles. The van der Waals surface area contributed by atoms with E-state index >= 15 is 0 Å². The molecule has 2 fully saturated rings. The molecule has 2 atom stereocenters. The fourth-order valence-electron chi connectivity index (χ4n) is 4.53. The molecule has 0 aliphatic carbocycles. The lowest BCUT2D eigenvalue weighted by atomic mass is 9.71. The topological polar surface area (TPSA) is 69.6 Å². The SMILES string of the molecule is CC(C)(C)C1CC(C2CCN(C(=O)O)CC2)CCN1c1cnc(Cl)cn1. The van der Waals surface area contributed by atoms with E-state index in [1.54, 1.807) is 17.3 Å². The summed E-state index contributed by atoms with van der Waals surface area (Å²) in [5.74, 6) is 2.16. The van der Waals surface area contributed by atoms with Crippen molar-refractivity contribution < 1.29 is 9.90 Å². The third-order valence-electron chi connectivity index (χ3n) is 6.02. The number of hydrogen-bond donors (Lipinski definition) is 1. The molecule has 2 saturated heterocycles. The minimum absolute atomic E-state index is 0.127. The van der Waals surface area contributed by atoms with Gasteiger partial charge in [0, 0.05) is 25.7 Å². The number of carbonyl (C=O) groups is 1. The zero-order valence-corrected chi connectivity index (χ0v) is 16.6. The molecule has 1 N–H and O–H groups in total. The van der Waals surface area contributed by atoms with Crippen molar-refractivity contribution in [3.05, 3.63) is 17.5 Å². The minimum Gasteiger partial charge on any atom is -0.465 e. The smallest absolute Gasteiger partial charge is 0.407 e. The molecule has 1 aromatic heterocycles. The van der Waals surface area contributed by atoms with E-state index in [9.17, 15) is 4.79 Å². The van der Waals surface area contributed by atoms with E-state index in [1.807, 2.05) is 0 Å². The Bertz CT molecular complexity index is 623. The Kier molecular flexibility index (Phi) is 5.61. The molecule has 26 heavy (non-hydrogen) atoms. The van der Waals surface area contributed by atoms with Crippen LogP contribution >= 0.6 is 11.6 Å². The predicted octanol–water partition coefficient (Wildman–Crippen LogP) is 4.15. The van der Waals surface area contributed by atoms with Gasteiger partial charge >= 0.3 is 6.09 Å². The molecule has 0 bridgehead atoms. The average Bonchev–Trinajstić information content (AvgIpc) is 2.61. The summed E-state index contributed by atoms with van der Waals surface area (Å²) < 4.78 is 0. The Morgan fingerprint density at radius 3 is 2.31 bits per heavy atom. The Labute approximate surface area is 160 Å². The van der Waals surface area contributed by atoms with E-state index in [2.05, 4.69) is 35.6 Å². The molecule has 0 spiro atoms. The summed E-state index contributed by atoms with van der Waals surface area (Å²) in [7, 11) is 0. The van der Waals surface area contributed by atoms with Crippen molar-refractivity contribution in [3.63, 3.8) is 0 Å². The molecule has 0 aromatic carbocycles. The van der Waals surface area contributed by atoms with Gasteiger partial charge in [-0.2, -0.15) is 0 Å². The first-order valence-electron chi connectivity index (χ1n) is 9.48. The molecular weight excluding hydrogens is 352 g/mol. The first-order chi connectivity index (χ1) is 12.3. The van der Waals surface area contributed by atoms with Crippen molar-refractivity contribution in [1.29, 1.82) is 0 Å². The van der Waals surface area contributed by atoms with Gasteiger partial charge in [-0.25, -0.2) is 14.8 Å². The van der Waals surface area contributed by atoms with Crippen LogP contribution in [0.2, 0.25) is 5.15 Å². The predicted molar refractivity (Wildman–Crippen MR) is 103 cm³/mol. The molecule has 3 rings (SSSR count).